The first-order valence-electron chi connectivity index (χ1n) is 6.35. The molecular formula is C13H27NO. The molecule has 15 heavy (non-hydrogen) atoms. The molecule has 1 unspecified atom stereocenters. The third kappa shape index (κ3) is 3.76. The van der Waals surface area contributed by atoms with E-state index in [4.69, 9.17) is 0 Å². The summed E-state index contributed by atoms with van der Waals surface area (Å²) in [5.41, 5.74) is 0.0501. The second-order valence-corrected chi connectivity index (χ2v) is 5.79. The van der Waals surface area contributed by atoms with Crippen molar-refractivity contribution in [1.29, 1.82) is 0 Å². The third-order valence-electron chi connectivity index (χ3n) is 4.24. The molecule has 1 rings (SSSR count). The van der Waals surface area contributed by atoms with E-state index >= 15 is 0 Å². The van der Waals surface area contributed by atoms with Gasteiger partial charge in [-0.3, -0.25) is 0 Å². The molecule has 0 aliphatic carbocycles. The normalized spacial score (nSPS) is 26.2. The van der Waals surface area contributed by atoms with E-state index in [-0.39, 0.29) is 0 Å². The average Bonchev–Trinajstić information content (AvgIpc) is 2.22. The van der Waals surface area contributed by atoms with Crippen LogP contribution in [0.3, 0.4) is 0 Å². The van der Waals surface area contributed by atoms with Gasteiger partial charge in [-0.2, -0.15) is 0 Å². The van der Waals surface area contributed by atoms with E-state index in [2.05, 4.69) is 25.7 Å². The molecule has 1 atom stereocenters. The fraction of sp³-hybridized carbons (Fsp3) is 1.00. The molecule has 1 aliphatic heterocycles. The summed E-state index contributed by atoms with van der Waals surface area (Å²) in [5.74, 6) is 0. The molecule has 0 bridgehead atoms. The third-order valence-corrected chi connectivity index (χ3v) is 4.24. The van der Waals surface area contributed by atoms with Gasteiger partial charge < -0.3 is 10.0 Å². The van der Waals surface area contributed by atoms with Gasteiger partial charge in [0, 0.05) is 6.54 Å². The van der Waals surface area contributed by atoms with Crippen molar-refractivity contribution in [2.24, 2.45) is 5.41 Å². The summed E-state index contributed by atoms with van der Waals surface area (Å²) in [6.45, 7) is 11.8. The topological polar surface area (TPSA) is 23.5 Å². The van der Waals surface area contributed by atoms with Crippen LogP contribution in [0.5, 0.6) is 0 Å². The van der Waals surface area contributed by atoms with Crippen molar-refractivity contribution in [2.45, 2.75) is 59.0 Å². The molecule has 0 saturated carbocycles. The number of hydrogen-bond donors (Lipinski definition) is 1. The van der Waals surface area contributed by atoms with Gasteiger partial charge in [0.1, 0.15) is 0 Å². The highest BCUT2D eigenvalue weighted by molar-refractivity contribution is 4.84. The molecule has 0 spiro atoms. The summed E-state index contributed by atoms with van der Waals surface area (Å²) >= 11 is 0. The SMILES string of the molecule is CCC(C)(O)CN1CCC(C)(CC)CC1. The van der Waals surface area contributed by atoms with Gasteiger partial charge in [-0.05, 0) is 44.7 Å². The molecule has 0 aromatic rings. The van der Waals surface area contributed by atoms with Gasteiger partial charge in [-0.1, -0.05) is 27.2 Å². The first-order valence-corrected chi connectivity index (χ1v) is 6.35. The van der Waals surface area contributed by atoms with Crippen LogP contribution in [-0.2, 0) is 0 Å². The van der Waals surface area contributed by atoms with Crippen molar-refractivity contribution >= 4 is 0 Å². The minimum Gasteiger partial charge on any atom is -0.389 e. The number of rotatable bonds is 4. The molecule has 2 nitrogen and oxygen atoms in total. The Kier molecular flexibility index (Phi) is 4.19. The van der Waals surface area contributed by atoms with Crippen LogP contribution in [0.25, 0.3) is 0 Å². The summed E-state index contributed by atoms with van der Waals surface area (Å²) in [6.07, 6.45) is 4.69. The van der Waals surface area contributed by atoms with Crippen LogP contribution >= 0.6 is 0 Å². The van der Waals surface area contributed by atoms with Gasteiger partial charge in [0.25, 0.3) is 0 Å². The van der Waals surface area contributed by atoms with Crippen molar-refractivity contribution in [1.82, 2.24) is 4.90 Å². The van der Waals surface area contributed by atoms with Crippen LogP contribution in [0, 0.1) is 5.41 Å². The smallest absolute Gasteiger partial charge is 0.0743 e. The van der Waals surface area contributed by atoms with Crippen molar-refractivity contribution in [3.8, 4) is 0 Å². The highest BCUT2D eigenvalue weighted by Crippen LogP contribution is 2.34. The zero-order valence-electron chi connectivity index (χ0n) is 10.8. The summed E-state index contributed by atoms with van der Waals surface area (Å²) in [4.78, 5) is 2.42. The molecule has 1 saturated heterocycles. The van der Waals surface area contributed by atoms with E-state index in [9.17, 15) is 5.11 Å². The first kappa shape index (κ1) is 13.0. The summed E-state index contributed by atoms with van der Waals surface area (Å²) < 4.78 is 0. The zero-order valence-corrected chi connectivity index (χ0v) is 10.8. The predicted octanol–water partition coefficient (Wildman–Crippen LogP) is 2.66. The first-order chi connectivity index (χ1) is 6.91. The van der Waals surface area contributed by atoms with Gasteiger partial charge in [0.2, 0.25) is 0 Å². The summed E-state index contributed by atoms with van der Waals surface area (Å²) in [7, 11) is 0. The summed E-state index contributed by atoms with van der Waals surface area (Å²) in [5, 5.41) is 10.0. The fourth-order valence-electron chi connectivity index (χ4n) is 2.20. The number of piperidine rings is 1. The van der Waals surface area contributed by atoms with Crippen LogP contribution in [0.2, 0.25) is 0 Å². The van der Waals surface area contributed by atoms with E-state index < -0.39 is 5.60 Å². The monoisotopic (exact) mass is 213 g/mol. The second-order valence-electron chi connectivity index (χ2n) is 5.79. The average molecular weight is 213 g/mol. The van der Waals surface area contributed by atoms with Gasteiger partial charge in [-0.15, -0.1) is 0 Å². The minimum absolute atomic E-state index is 0.500. The molecule has 2 heteroatoms. The van der Waals surface area contributed by atoms with Gasteiger partial charge in [0.15, 0.2) is 0 Å². The van der Waals surface area contributed by atoms with E-state index in [0.29, 0.717) is 5.41 Å². The highest BCUT2D eigenvalue weighted by Gasteiger charge is 2.30. The maximum atomic E-state index is 10.0. The molecule has 90 valence electrons. The molecule has 1 fully saturated rings. The lowest BCUT2D eigenvalue weighted by molar-refractivity contribution is -0.00296. The van der Waals surface area contributed by atoms with Crippen LogP contribution in [0.4, 0.5) is 0 Å². The Balaban J connectivity index is 2.38. The maximum absolute atomic E-state index is 10.0. The van der Waals surface area contributed by atoms with Crippen LogP contribution in [0.15, 0.2) is 0 Å². The Labute approximate surface area is 94.7 Å². The van der Waals surface area contributed by atoms with E-state index in [1.807, 2.05) is 6.92 Å². The lowest BCUT2D eigenvalue weighted by Crippen LogP contribution is -2.46. The molecule has 0 aromatic heterocycles. The maximum Gasteiger partial charge on any atom is 0.0743 e. The van der Waals surface area contributed by atoms with Gasteiger partial charge in [0.05, 0.1) is 5.60 Å². The molecular weight excluding hydrogens is 186 g/mol. The van der Waals surface area contributed by atoms with Gasteiger partial charge >= 0.3 is 0 Å². The largest absolute Gasteiger partial charge is 0.389 e. The lowest BCUT2D eigenvalue weighted by Gasteiger charge is -2.41. The highest BCUT2D eigenvalue weighted by atomic mass is 16.3. The van der Waals surface area contributed by atoms with Crippen LogP contribution in [-0.4, -0.2) is 35.2 Å². The number of nitrogens with zero attached hydrogens (tertiary/aromatic N) is 1. The molecule has 1 N–H and O–H groups in total. The lowest BCUT2D eigenvalue weighted by atomic mass is 9.78. The zero-order chi connectivity index (χ0) is 11.5. The minimum atomic E-state index is -0.500. The fourth-order valence-corrected chi connectivity index (χ4v) is 2.20. The predicted molar refractivity (Wildman–Crippen MR) is 65.0 cm³/mol. The molecule has 1 aliphatic rings. The van der Waals surface area contributed by atoms with Crippen LogP contribution in [0.1, 0.15) is 53.4 Å². The Bertz CT molecular complexity index is 193. The van der Waals surface area contributed by atoms with Crippen molar-refractivity contribution < 1.29 is 5.11 Å². The van der Waals surface area contributed by atoms with Gasteiger partial charge in [-0.25, -0.2) is 0 Å². The van der Waals surface area contributed by atoms with E-state index in [1.54, 1.807) is 0 Å². The number of aliphatic hydroxyl groups is 1. The Morgan fingerprint density at radius 3 is 2.20 bits per heavy atom. The van der Waals surface area contributed by atoms with Crippen molar-refractivity contribution in [3.05, 3.63) is 0 Å². The number of β-amino-alcohol motifs (C(OH)–C–C–N with tert-alkyl or cyclic N) is 1. The summed E-state index contributed by atoms with van der Waals surface area (Å²) in [6, 6.07) is 0. The molecule has 0 amide bonds. The van der Waals surface area contributed by atoms with E-state index in [1.165, 1.54) is 19.3 Å². The van der Waals surface area contributed by atoms with Crippen molar-refractivity contribution in [3.63, 3.8) is 0 Å². The quantitative estimate of drug-likeness (QED) is 0.776. The molecule has 0 aromatic carbocycles. The van der Waals surface area contributed by atoms with Crippen molar-refractivity contribution in [2.75, 3.05) is 19.6 Å². The molecule has 1 heterocycles. The molecule has 0 radical (unpaired) electrons. The Morgan fingerprint density at radius 2 is 1.80 bits per heavy atom. The Hall–Kier alpha value is -0.0800. The number of hydrogen-bond acceptors (Lipinski definition) is 2. The van der Waals surface area contributed by atoms with Crippen LogP contribution < -0.4 is 0 Å². The second kappa shape index (κ2) is 4.84. The Morgan fingerprint density at radius 1 is 1.27 bits per heavy atom. The van der Waals surface area contributed by atoms with E-state index in [0.717, 1.165) is 26.1 Å². The standard InChI is InChI=1S/C13H27NO/c1-5-12(3)7-9-14(10-8-12)11-13(4,15)6-2/h15H,5-11H2,1-4H3. The number of likely N-dealkylation sites (tertiary alicyclic amines) is 1.